The van der Waals surface area contributed by atoms with Gasteiger partial charge in [0.15, 0.2) is 0 Å². The number of fused-ring (bicyclic) bond motifs is 2. The van der Waals surface area contributed by atoms with Crippen LogP contribution in [0.1, 0.15) is 36.3 Å². The zero-order valence-corrected chi connectivity index (χ0v) is 17.5. The normalized spacial score (nSPS) is 22.8. The quantitative estimate of drug-likeness (QED) is 0.685. The van der Waals surface area contributed by atoms with Crippen LogP contribution in [0, 0.1) is 17.2 Å². The highest BCUT2D eigenvalue weighted by Crippen LogP contribution is 2.41. The van der Waals surface area contributed by atoms with Crippen molar-refractivity contribution in [3.8, 4) is 11.9 Å². The summed E-state index contributed by atoms with van der Waals surface area (Å²) in [5.41, 5.74) is 1.84. The molecule has 32 heavy (non-hydrogen) atoms. The van der Waals surface area contributed by atoms with Crippen LogP contribution in [0.2, 0.25) is 0 Å². The van der Waals surface area contributed by atoms with Crippen LogP contribution in [0.4, 0.5) is 10.5 Å². The first-order chi connectivity index (χ1) is 15.6. The van der Waals surface area contributed by atoms with Gasteiger partial charge in [0.25, 0.3) is 0 Å². The Bertz CT molecular complexity index is 1260. The van der Waals surface area contributed by atoms with Crippen molar-refractivity contribution >= 4 is 28.4 Å². The number of nitrogens with zero attached hydrogens (tertiary/aromatic N) is 4. The number of urea groups is 1. The molecule has 1 N–H and O–H groups in total. The fourth-order valence-electron chi connectivity index (χ4n) is 4.90. The third-order valence-corrected chi connectivity index (χ3v) is 6.47. The number of benzene rings is 1. The fraction of sp³-hybridized carbons (Fsp3) is 0.292. The average Bonchev–Trinajstić information content (AvgIpc) is 2.83. The maximum Gasteiger partial charge on any atom is 0.329 e. The van der Waals surface area contributed by atoms with Gasteiger partial charge in [0, 0.05) is 35.3 Å². The molecular formula is C24H21N5O3. The third-order valence-electron chi connectivity index (χ3n) is 6.47. The summed E-state index contributed by atoms with van der Waals surface area (Å²) in [6.07, 6.45) is 6.71. The molecule has 1 aliphatic heterocycles. The molecule has 3 unspecified atom stereocenters. The molecule has 3 atom stereocenters. The summed E-state index contributed by atoms with van der Waals surface area (Å²) < 4.78 is 5.23. The molecule has 1 aromatic carbocycles. The first-order valence-electron chi connectivity index (χ1n) is 10.5. The molecule has 0 spiro atoms. The zero-order chi connectivity index (χ0) is 22.2. The van der Waals surface area contributed by atoms with E-state index in [0.29, 0.717) is 30.0 Å². The first kappa shape index (κ1) is 19.9. The standard InChI is InChI=1S/C24H21N5O3/c1-32-22-9-19(16(10-25)12-27-22)14-6-7-18-20(8-14)28-24(31)29(23(18)30)21-13-26-11-15-4-2-3-5-17(15)21/h2-5,9,11-14,18,20H,6-8H2,1H3,(H,28,31). The molecular weight excluding hydrogens is 406 g/mol. The minimum Gasteiger partial charge on any atom is -0.481 e. The van der Waals surface area contributed by atoms with Crippen molar-refractivity contribution < 1.29 is 14.3 Å². The van der Waals surface area contributed by atoms with Gasteiger partial charge in [-0.1, -0.05) is 24.3 Å². The van der Waals surface area contributed by atoms with Crippen LogP contribution < -0.4 is 15.0 Å². The van der Waals surface area contributed by atoms with Crippen LogP contribution in [-0.2, 0) is 4.79 Å². The smallest absolute Gasteiger partial charge is 0.329 e. The molecule has 0 bridgehead atoms. The molecule has 5 rings (SSSR count). The number of pyridine rings is 2. The molecule has 3 amide bonds. The van der Waals surface area contributed by atoms with Crippen LogP contribution in [0.3, 0.4) is 0 Å². The van der Waals surface area contributed by atoms with E-state index in [2.05, 4.69) is 21.4 Å². The van der Waals surface area contributed by atoms with E-state index in [4.69, 9.17) is 4.74 Å². The molecule has 2 aromatic heterocycles. The van der Waals surface area contributed by atoms with Gasteiger partial charge in [0.2, 0.25) is 11.8 Å². The number of amides is 3. The molecule has 8 nitrogen and oxygen atoms in total. The number of imide groups is 1. The lowest BCUT2D eigenvalue weighted by Crippen LogP contribution is -2.61. The fourth-order valence-corrected chi connectivity index (χ4v) is 4.90. The van der Waals surface area contributed by atoms with Crippen molar-refractivity contribution in [2.45, 2.75) is 31.2 Å². The predicted molar refractivity (Wildman–Crippen MR) is 117 cm³/mol. The van der Waals surface area contributed by atoms with Crippen LogP contribution in [0.5, 0.6) is 5.88 Å². The first-order valence-corrected chi connectivity index (χ1v) is 10.5. The maximum absolute atomic E-state index is 13.4. The Morgan fingerprint density at radius 3 is 2.84 bits per heavy atom. The number of aromatic nitrogens is 2. The highest BCUT2D eigenvalue weighted by Gasteiger charge is 2.45. The van der Waals surface area contributed by atoms with Gasteiger partial charge in [-0.25, -0.2) is 14.7 Å². The van der Waals surface area contributed by atoms with Crippen molar-refractivity contribution in [2.24, 2.45) is 5.92 Å². The molecule has 1 saturated carbocycles. The molecule has 0 radical (unpaired) electrons. The molecule has 8 heteroatoms. The second-order valence-electron chi connectivity index (χ2n) is 8.15. The van der Waals surface area contributed by atoms with E-state index in [1.54, 1.807) is 18.5 Å². The number of carbonyl (C=O) groups excluding carboxylic acids is 2. The highest BCUT2D eigenvalue weighted by molar-refractivity contribution is 6.20. The predicted octanol–water partition coefficient (Wildman–Crippen LogP) is 3.52. The molecule has 3 aromatic rings. The van der Waals surface area contributed by atoms with Gasteiger partial charge >= 0.3 is 6.03 Å². The van der Waals surface area contributed by atoms with E-state index < -0.39 is 6.03 Å². The molecule has 1 aliphatic carbocycles. The van der Waals surface area contributed by atoms with Crippen LogP contribution in [0.15, 0.2) is 48.9 Å². The summed E-state index contributed by atoms with van der Waals surface area (Å²) in [4.78, 5) is 36.1. The average molecular weight is 427 g/mol. The summed E-state index contributed by atoms with van der Waals surface area (Å²) in [6.45, 7) is 0. The lowest BCUT2D eigenvalue weighted by molar-refractivity contribution is -0.124. The van der Waals surface area contributed by atoms with Crippen LogP contribution in [0.25, 0.3) is 10.8 Å². The number of nitrogens with one attached hydrogen (secondary N) is 1. The largest absolute Gasteiger partial charge is 0.481 e. The summed E-state index contributed by atoms with van der Waals surface area (Å²) >= 11 is 0. The Hall–Kier alpha value is -3.99. The molecule has 2 fully saturated rings. The summed E-state index contributed by atoms with van der Waals surface area (Å²) in [7, 11) is 1.53. The molecule has 1 saturated heterocycles. The van der Waals surface area contributed by atoms with Gasteiger partial charge in [0.1, 0.15) is 6.07 Å². The monoisotopic (exact) mass is 427 g/mol. The van der Waals surface area contributed by atoms with E-state index in [1.807, 2.05) is 24.3 Å². The minimum atomic E-state index is -0.442. The second-order valence-corrected chi connectivity index (χ2v) is 8.15. The number of hydrogen-bond acceptors (Lipinski definition) is 6. The van der Waals surface area contributed by atoms with Gasteiger partial charge in [-0.05, 0) is 30.7 Å². The lowest BCUT2D eigenvalue weighted by atomic mass is 9.73. The Labute approximate surface area is 184 Å². The Balaban J connectivity index is 1.44. The van der Waals surface area contributed by atoms with E-state index in [-0.39, 0.29) is 23.8 Å². The van der Waals surface area contributed by atoms with Gasteiger partial charge in [-0.15, -0.1) is 0 Å². The summed E-state index contributed by atoms with van der Waals surface area (Å²) in [5, 5.41) is 14.2. The van der Waals surface area contributed by atoms with E-state index in [9.17, 15) is 14.9 Å². The Morgan fingerprint density at radius 1 is 1.19 bits per heavy atom. The SMILES string of the molecule is COc1cc(C2CCC3C(=O)N(c4cncc5ccccc45)C(=O)NC3C2)c(C#N)cn1. The number of rotatable bonds is 3. The van der Waals surface area contributed by atoms with E-state index in [1.165, 1.54) is 18.2 Å². The van der Waals surface area contributed by atoms with Gasteiger partial charge in [-0.3, -0.25) is 9.78 Å². The lowest BCUT2D eigenvalue weighted by Gasteiger charge is -2.42. The van der Waals surface area contributed by atoms with E-state index >= 15 is 0 Å². The van der Waals surface area contributed by atoms with Crippen molar-refractivity contribution in [2.75, 3.05) is 12.0 Å². The van der Waals surface area contributed by atoms with Crippen LogP contribution in [-0.4, -0.2) is 35.1 Å². The molecule has 2 aliphatic rings. The minimum absolute atomic E-state index is 0.0293. The number of carbonyl (C=O) groups is 2. The number of anilines is 1. The van der Waals surface area contributed by atoms with Crippen molar-refractivity contribution in [3.05, 3.63) is 60.0 Å². The van der Waals surface area contributed by atoms with Gasteiger partial charge in [0.05, 0.1) is 30.5 Å². The van der Waals surface area contributed by atoms with Gasteiger partial charge < -0.3 is 10.1 Å². The molecule has 160 valence electrons. The molecule has 3 heterocycles. The number of hydrogen-bond donors (Lipinski definition) is 1. The number of ether oxygens (including phenoxy) is 1. The van der Waals surface area contributed by atoms with Gasteiger partial charge in [-0.2, -0.15) is 5.26 Å². The second kappa shape index (κ2) is 7.93. The van der Waals surface area contributed by atoms with E-state index in [0.717, 1.165) is 22.8 Å². The van der Waals surface area contributed by atoms with Crippen molar-refractivity contribution in [1.29, 1.82) is 5.26 Å². The number of methoxy groups -OCH3 is 1. The van der Waals surface area contributed by atoms with Crippen LogP contribution >= 0.6 is 0 Å². The topological polar surface area (TPSA) is 108 Å². The zero-order valence-electron chi connectivity index (χ0n) is 17.5. The summed E-state index contributed by atoms with van der Waals surface area (Å²) in [5.74, 6) is -0.0541. The number of nitriles is 1. The maximum atomic E-state index is 13.4. The summed E-state index contributed by atoms with van der Waals surface area (Å²) in [6, 6.07) is 10.8. The Kier molecular flexibility index (Phi) is 4.94. The third kappa shape index (κ3) is 3.23. The highest BCUT2D eigenvalue weighted by atomic mass is 16.5. The Morgan fingerprint density at radius 2 is 2.03 bits per heavy atom. The van der Waals surface area contributed by atoms with Crippen molar-refractivity contribution in [3.63, 3.8) is 0 Å². The van der Waals surface area contributed by atoms with Crippen molar-refractivity contribution in [1.82, 2.24) is 15.3 Å².